The number of carbonyl (C=O) groups excluding carboxylic acids is 1. The van der Waals surface area contributed by atoms with Crippen molar-refractivity contribution in [1.29, 1.82) is 0 Å². The number of hydrogen-bond donors (Lipinski definition) is 1. The van der Waals surface area contributed by atoms with Crippen molar-refractivity contribution in [1.82, 2.24) is 5.32 Å². The Bertz CT molecular complexity index is 1320. The first-order valence-electron chi connectivity index (χ1n) is 11.0. The zero-order chi connectivity index (χ0) is 24.8. The zero-order valence-electron chi connectivity index (χ0n) is 19.5. The van der Waals surface area contributed by atoms with E-state index in [1.807, 2.05) is 79.7 Å². The van der Waals surface area contributed by atoms with Gasteiger partial charge in [-0.05, 0) is 72.1 Å². The van der Waals surface area contributed by atoms with Gasteiger partial charge in [-0.3, -0.25) is 4.79 Å². The van der Waals surface area contributed by atoms with Crippen molar-refractivity contribution in [3.05, 3.63) is 106 Å². The molecule has 0 radical (unpaired) electrons. The Morgan fingerprint density at radius 2 is 1.94 bits per heavy atom. The van der Waals surface area contributed by atoms with Crippen LogP contribution in [0.15, 0.2) is 83.2 Å². The van der Waals surface area contributed by atoms with Crippen LogP contribution in [0.2, 0.25) is 5.02 Å². The van der Waals surface area contributed by atoms with Crippen molar-refractivity contribution in [3.63, 3.8) is 0 Å². The monoisotopic (exact) mass is 504 g/mol. The molecule has 178 valence electrons. The molecule has 0 unspecified atom stereocenters. The van der Waals surface area contributed by atoms with E-state index < -0.39 is 0 Å². The fraction of sp³-hybridized carbons (Fsp3) is 0.143. The van der Waals surface area contributed by atoms with Gasteiger partial charge in [0.2, 0.25) is 0 Å². The first-order valence-corrected chi connectivity index (χ1v) is 12.2. The molecule has 1 aliphatic rings. The van der Waals surface area contributed by atoms with Gasteiger partial charge in [0.15, 0.2) is 16.7 Å². The number of methoxy groups -OCH3 is 1. The number of thioether (sulfide) groups is 1. The number of carbonyl (C=O) groups is 1. The summed E-state index contributed by atoms with van der Waals surface area (Å²) < 4.78 is 11.8. The lowest BCUT2D eigenvalue weighted by atomic mass is 10.0. The van der Waals surface area contributed by atoms with Crippen molar-refractivity contribution < 1.29 is 14.3 Å². The van der Waals surface area contributed by atoms with Crippen LogP contribution < -0.4 is 14.8 Å². The van der Waals surface area contributed by atoms with Crippen molar-refractivity contribution in [2.24, 2.45) is 4.99 Å². The summed E-state index contributed by atoms with van der Waals surface area (Å²) in [6.45, 7) is 6.19. The molecule has 0 aliphatic carbocycles. The number of aliphatic imine (C=N–C) groups is 1. The Labute approximate surface area is 214 Å². The predicted molar refractivity (Wildman–Crippen MR) is 145 cm³/mol. The molecule has 5 nitrogen and oxygen atoms in total. The van der Waals surface area contributed by atoms with E-state index in [0.29, 0.717) is 39.6 Å². The Balaban J connectivity index is 1.61. The van der Waals surface area contributed by atoms with Crippen LogP contribution in [0.3, 0.4) is 0 Å². The van der Waals surface area contributed by atoms with Gasteiger partial charge in [0.1, 0.15) is 6.61 Å². The second kappa shape index (κ2) is 11.3. The quantitative estimate of drug-likeness (QED) is 0.269. The molecule has 1 fully saturated rings. The standard InChI is InChI=1S/C28H25ClN2O3S/c1-4-9-21-14-20(15-24(33-3)26(21)34-17-19-10-6-5-7-11-19)16-25-27(32)31-28(35-25)30-23-13-8-12-22(29)18(23)2/h4-8,10-16H,1,9,17H2,2-3H3,(H,30,31,32)/b25-16+. The number of halogens is 1. The summed E-state index contributed by atoms with van der Waals surface area (Å²) in [5.41, 5.74) is 4.39. The molecule has 0 bridgehead atoms. The topological polar surface area (TPSA) is 59.9 Å². The number of nitrogens with zero attached hydrogens (tertiary/aromatic N) is 1. The van der Waals surface area contributed by atoms with Crippen molar-refractivity contribution in [2.45, 2.75) is 20.0 Å². The molecule has 7 heteroatoms. The van der Waals surface area contributed by atoms with Crippen LogP contribution >= 0.6 is 23.4 Å². The van der Waals surface area contributed by atoms with Crippen LogP contribution in [0, 0.1) is 6.92 Å². The molecule has 3 aromatic carbocycles. The molecule has 1 aliphatic heterocycles. The molecule has 0 atom stereocenters. The minimum atomic E-state index is -0.206. The van der Waals surface area contributed by atoms with Crippen molar-refractivity contribution in [2.75, 3.05) is 7.11 Å². The van der Waals surface area contributed by atoms with Crippen molar-refractivity contribution in [3.8, 4) is 11.5 Å². The van der Waals surface area contributed by atoms with E-state index in [0.717, 1.165) is 27.9 Å². The number of ether oxygens (including phenoxy) is 2. The molecule has 1 heterocycles. The van der Waals surface area contributed by atoms with Crippen LogP contribution in [-0.4, -0.2) is 18.2 Å². The number of rotatable bonds is 8. The van der Waals surface area contributed by atoms with E-state index in [4.69, 9.17) is 21.1 Å². The van der Waals surface area contributed by atoms with E-state index in [1.54, 1.807) is 7.11 Å². The lowest BCUT2D eigenvalue weighted by Gasteiger charge is -2.16. The van der Waals surface area contributed by atoms with E-state index in [-0.39, 0.29) is 5.91 Å². The zero-order valence-corrected chi connectivity index (χ0v) is 21.1. The summed E-state index contributed by atoms with van der Waals surface area (Å²) >= 11 is 7.48. The molecular formula is C28H25ClN2O3S. The average molecular weight is 505 g/mol. The second-order valence-corrected chi connectivity index (χ2v) is 9.28. The highest BCUT2D eigenvalue weighted by Gasteiger charge is 2.24. The number of benzene rings is 3. The van der Waals surface area contributed by atoms with Crippen LogP contribution in [0.25, 0.3) is 6.08 Å². The Morgan fingerprint density at radius 1 is 1.14 bits per heavy atom. The fourth-order valence-corrected chi connectivity index (χ4v) is 4.58. The van der Waals surface area contributed by atoms with Crippen LogP contribution in [0.1, 0.15) is 22.3 Å². The van der Waals surface area contributed by atoms with Gasteiger partial charge >= 0.3 is 0 Å². The Hall–Kier alpha value is -3.48. The van der Waals surface area contributed by atoms with Gasteiger partial charge in [0.05, 0.1) is 17.7 Å². The van der Waals surface area contributed by atoms with Gasteiger partial charge in [-0.1, -0.05) is 54.1 Å². The van der Waals surface area contributed by atoms with E-state index in [1.165, 1.54) is 11.8 Å². The predicted octanol–water partition coefficient (Wildman–Crippen LogP) is 6.86. The minimum absolute atomic E-state index is 0.206. The van der Waals surface area contributed by atoms with Crippen LogP contribution in [0.5, 0.6) is 11.5 Å². The van der Waals surface area contributed by atoms with E-state index >= 15 is 0 Å². The maximum Gasteiger partial charge on any atom is 0.264 e. The minimum Gasteiger partial charge on any atom is -0.493 e. The summed E-state index contributed by atoms with van der Waals surface area (Å²) in [4.78, 5) is 17.8. The average Bonchev–Trinajstić information content (AvgIpc) is 3.20. The summed E-state index contributed by atoms with van der Waals surface area (Å²) in [5, 5.41) is 3.97. The van der Waals surface area contributed by atoms with Crippen LogP contribution in [-0.2, 0) is 17.8 Å². The molecule has 3 aromatic rings. The largest absolute Gasteiger partial charge is 0.493 e. The number of hydrogen-bond acceptors (Lipinski definition) is 5. The maximum absolute atomic E-state index is 12.6. The molecule has 0 aromatic heterocycles. The number of nitrogens with one attached hydrogen (secondary N) is 1. The molecule has 35 heavy (non-hydrogen) atoms. The molecule has 1 N–H and O–H groups in total. The summed E-state index contributed by atoms with van der Waals surface area (Å²) in [5.74, 6) is 1.06. The maximum atomic E-state index is 12.6. The second-order valence-electron chi connectivity index (χ2n) is 7.84. The van der Waals surface area contributed by atoms with Gasteiger partial charge in [-0.25, -0.2) is 4.99 Å². The van der Waals surface area contributed by atoms with Gasteiger partial charge in [0.25, 0.3) is 5.91 Å². The molecule has 4 rings (SSSR count). The summed E-state index contributed by atoms with van der Waals surface area (Å²) in [6.07, 6.45) is 4.23. The highest BCUT2D eigenvalue weighted by atomic mass is 35.5. The van der Waals surface area contributed by atoms with Gasteiger partial charge in [0, 0.05) is 10.6 Å². The smallest absolute Gasteiger partial charge is 0.264 e. The number of amides is 1. The fourth-order valence-electron chi connectivity index (χ4n) is 3.58. The first kappa shape index (κ1) is 24.6. The molecular weight excluding hydrogens is 480 g/mol. The highest BCUT2D eigenvalue weighted by Crippen LogP contribution is 2.37. The lowest BCUT2D eigenvalue weighted by Crippen LogP contribution is -2.19. The van der Waals surface area contributed by atoms with Gasteiger partial charge < -0.3 is 14.8 Å². The lowest BCUT2D eigenvalue weighted by molar-refractivity contribution is -0.115. The summed E-state index contributed by atoms with van der Waals surface area (Å²) in [7, 11) is 1.61. The third-order valence-corrected chi connectivity index (χ3v) is 6.69. The molecule has 1 amide bonds. The third kappa shape index (κ3) is 5.96. The number of allylic oxidation sites excluding steroid dienone is 1. The van der Waals surface area contributed by atoms with E-state index in [9.17, 15) is 4.79 Å². The Morgan fingerprint density at radius 3 is 2.69 bits per heavy atom. The Kier molecular flexibility index (Phi) is 7.95. The van der Waals surface area contributed by atoms with Gasteiger partial charge in [-0.15, -0.1) is 6.58 Å². The third-order valence-electron chi connectivity index (χ3n) is 5.37. The molecule has 0 saturated carbocycles. The molecule has 0 spiro atoms. The highest BCUT2D eigenvalue weighted by molar-refractivity contribution is 8.18. The van der Waals surface area contributed by atoms with Gasteiger partial charge in [-0.2, -0.15) is 0 Å². The normalized spacial score (nSPS) is 15.3. The SMILES string of the molecule is C=CCc1cc(/C=C2/SC(=Nc3cccc(Cl)c3C)NC2=O)cc(OC)c1OCc1ccccc1. The van der Waals surface area contributed by atoms with E-state index in [2.05, 4.69) is 16.9 Å². The van der Waals surface area contributed by atoms with Crippen molar-refractivity contribution >= 4 is 46.2 Å². The summed E-state index contributed by atoms with van der Waals surface area (Å²) in [6, 6.07) is 19.3. The van der Waals surface area contributed by atoms with Crippen LogP contribution in [0.4, 0.5) is 5.69 Å². The number of amidine groups is 1. The molecule has 1 saturated heterocycles. The first-order chi connectivity index (χ1) is 17.0.